The van der Waals surface area contributed by atoms with Gasteiger partial charge in [0.15, 0.2) is 0 Å². The van der Waals surface area contributed by atoms with Crippen molar-refractivity contribution in [2.45, 2.75) is 19.8 Å². The summed E-state index contributed by atoms with van der Waals surface area (Å²) in [6.45, 7) is 2.52. The number of carbonyl (C=O) groups is 1. The lowest BCUT2D eigenvalue weighted by Gasteiger charge is -2.09. The van der Waals surface area contributed by atoms with Crippen LogP contribution in [0.3, 0.4) is 0 Å². The molecule has 0 saturated heterocycles. The van der Waals surface area contributed by atoms with Gasteiger partial charge in [-0.25, -0.2) is 4.98 Å². The van der Waals surface area contributed by atoms with Gasteiger partial charge in [-0.3, -0.25) is 4.79 Å². The number of ether oxygens (including phenoxy) is 1. The summed E-state index contributed by atoms with van der Waals surface area (Å²) in [4.78, 5) is 15.7. The van der Waals surface area contributed by atoms with Crippen LogP contribution in [0.15, 0.2) is 48.5 Å². The number of aromatic nitrogens is 1. The van der Waals surface area contributed by atoms with Crippen LogP contribution < -0.4 is 4.74 Å². The third kappa shape index (κ3) is 4.25. The fraction of sp³-hybridized carbons (Fsp3) is 0.200. The number of carboxylic acid groups (broad SMARTS) is 1. The van der Waals surface area contributed by atoms with Crippen LogP contribution in [-0.2, 0) is 4.79 Å². The second-order valence-corrected chi connectivity index (χ2v) is 6.55. The lowest BCUT2D eigenvalue weighted by atomic mass is 10.1. The minimum Gasteiger partial charge on any atom is -0.493 e. The summed E-state index contributed by atoms with van der Waals surface area (Å²) in [5, 5.41) is 9.94. The van der Waals surface area contributed by atoms with E-state index in [0.29, 0.717) is 13.0 Å². The Morgan fingerprint density at radius 3 is 2.68 bits per heavy atom. The molecule has 4 nitrogen and oxygen atoms in total. The van der Waals surface area contributed by atoms with E-state index in [4.69, 9.17) is 9.84 Å². The average molecular weight is 353 g/mol. The van der Waals surface area contributed by atoms with E-state index in [1.165, 1.54) is 0 Å². The molecule has 0 atom stereocenters. The summed E-state index contributed by atoms with van der Waals surface area (Å²) in [5.74, 6) is -0.0240. The quantitative estimate of drug-likeness (QED) is 0.642. The smallest absolute Gasteiger partial charge is 0.303 e. The van der Waals surface area contributed by atoms with Crippen molar-refractivity contribution in [1.29, 1.82) is 0 Å². The Morgan fingerprint density at radius 2 is 1.92 bits per heavy atom. The molecular formula is C20H19NO3S. The highest BCUT2D eigenvalue weighted by Gasteiger charge is 2.12. The van der Waals surface area contributed by atoms with Crippen molar-refractivity contribution in [3.8, 4) is 5.75 Å². The number of aliphatic carboxylic acids is 1. The van der Waals surface area contributed by atoms with Gasteiger partial charge in [0.2, 0.25) is 0 Å². The van der Waals surface area contributed by atoms with Crippen molar-refractivity contribution in [1.82, 2.24) is 4.98 Å². The number of carboxylic acids is 1. The third-order valence-electron chi connectivity index (χ3n) is 3.73. The Kier molecular flexibility index (Phi) is 5.46. The first-order chi connectivity index (χ1) is 12.2. The highest BCUT2D eigenvalue weighted by atomic mass is 32.1. The van der Waals surface area contributed by atoms with Crippen molar-refractivity contribution in [3.05, 3.63) is 59.1 Å². The zero-order valence-electron chi connectivity index (χ0n) is 13.9. The highest BCUT2D eigenvalue weighted by molar-refractivity contribution is 7.19. The molecule has 0 aliphatic rings. The predicted molar refractivity (Wildman–Crippen MR) is 102 cm³/mol. The van der Waals surface area contributed by atoms with Crippen molar-refractivity contribution in [3.63, 3.8) is 0 Å². The van der Waals surface area contributed by atoms with Crippen LogP contribution in [0.4, 0.5) is 0 Å². The van der Waals surface area contributed by atoms with Gasteiger partial charge in [0.25, 0.3) is 0 Å². The first-order valence-electron chi connectivity index (χ1n) is 8.17. The molecule has 0 aliphatic carbocycles. The predicted octanol–water partition coefficient (Wildman–Crippen LogP) is 5.10. The number of allylic oxidation sites excluding steroid dienone is 1. The average Bonchev–Trinajstić information content (AvgIpc) is 3.04. The zero-order chi connectivity index (χ0) is 17.6. The zero-order valence-corrected chi connectivity index (χ0v) is 14.8. The molecule has 0 spiro atoms. The number of hydrogen-bond acceptors (Lipinski definition) is 4. The summed E-state index contributed by atoms with van der Waals surface area (Å²) < 4.78 is 6.77. The maximum absolute atomic E-state index is 11.1. The summed E-state index contributed by atoms with van der Waals surface area (Å²) in [7, 11) is 0. The SMILES string of the molecule is CCOc1ccccc1C=C(CCC(=O)O)c1nc2ccccc2s1. The fourth-order valence-electron chi connectivity index (χ4n) is 2.57. The molecule has 3 rings (SSSR count). The van der Waals surface area contributed by atoms with Gasteiger partial charge in [0.05, 0.1) is 16.8 Å². The van der Waals surface area contributed by atoms with Crippen LogP contribution in [-0.4, -0.2) is 22.7 Å². The molecule has 0 aliphatic heterocycles. The van der Waals surface area contributed by atoms with E-state index in [0.717, 1.165) is 32.1 Å². The van der Waals surface area contributed by atoms with Gasteiger partial charge >= 0.3 is 5.97 Å². The standard InChI is InChI=1S/C20H19NO3S/c1-2-24-17-9-5-3-7-14(17)13-15(11-12-19(22)23)20-21-16-8-4-6-10-18(16)25-20/h3-10,13H,2,11-12H2,1H3,(H,22,23). The van der Waals surface area contributed by atoms with Crippen LogP contribution in [0, 0.1) is 0 Å². The van der Waals surface area contributed by atoms with E-state index in [2.05, 4.69) is 4.98 Å². The Bertz CT molecular complexity index is 881. The molecule has 128 valence electrons. The number of para-hydroxylation sites is 2. The number of benzene rings is 2. The molecule has 1 heterocycles. The molecule has 0 bridgehead atoms. The minimum atomic E-state index is -0.815. The van der Waals surface area contributed by atoms with Gasteiger partial charge in [0.1, 0.15) is 10.8 Å². The lowest BCUT2D eigenvalue weighted by Crippen LogP contribution is -1.97. The second kappa shape index (κ2) is 7.94. The van der Waals surface area contributed by atoms with E-state index in [1.807, 2.05) is 61.5 Å². The van der Waals surface area contributed by atoms with Crippen LogP contribution in [0.2, 0.25) is 0 Å². The molecular weight excluding hydrogens is 334 g/mol. The Labute approximate surface area is 150 Å². The normalized spacial score (nSPS) is 11.6. The van der Waals surface area contributed by atoms with Crippen molar-refractivity contribution in [2.75, 3.05) is 6.61 Å². The van der Waals surface area contributed by atoms with Gasteiger partial charge in [-0.1, -0.05) is 30.3 Å². The van der Waals surface area contributed by atoms with Crippen LogP contribution in [0.25, 0.3) is 21.9 Å². The topological polar surface area (TPSA) is 59.4 Å². The third-order valence-corrected chi connectivity index (χ3v) is 4.84. The number of hydrogen-bond donors (Lipinski definition) is 1. The number of nitrogens with zero attached hydrogens (tertiary/aromatic N) is 1. The molecule has 0 fully saturated rings. The number of fused-ring (bicyclic) bond motifs is 1. The molecule has 25 heavy (non-hydrogen) atoms. The lowest BCUT2D eigenvalue weighted by molar-refractivity contribution is -0.136. The first-order valence-corrected chi connectivity index (χ1v) is 8.99. The number of thiazole rings is 1. The Hall–Kier alpha value is -2.66. The van der Waals surface area contributed by atoms with Gasteiger partial charge in [-0.15, -0.1) is 11.3 Å². The summed E-state index contributed by atoms with van der Waals surface area (Å²) in [6, 6.07) is 15.7. The van der Waals surface area contributed by atoms with Crippen LogP contribution in [0.1, 0.15) is 30.3 Å². The molecule has 3 aromatic rings. The van der Waals surface area contributed by atoms with E-state index in [-0.39, 0.29) is 6.42 Å². The van der Waals surface area contributed by atoms with Crippen molar-refractivity contribution in [2.24, 2.45) is 0 Å². The first kappa shape index (κ1) is 17.2. The van der Waals surface area contributed by atoms with E-state index < -0.39 is 5.97 Å². The van der Waals surface area contributed by atoms with Crippen molar-refractivity contribution >= 4 is 39.2 Å². The molecule has 2 aromatic carbocycles. The van der Waals surface area contributed by atoms with Crippen LogP contribution in [0.5, 0.6) is 5.75 Å². The summed E-state index contributed by atoms with van der Waals surface area (Å²) in [5.41, 5.74) is 2.78. The molecule has 0 amide bonds. The van der Waals surface area contributed by atoms with E-state index in [1.54, 1.807) is 11.3 Å². The Balaban J connectivity index is 2.03. The van der Waals surface area contributed by atoms with Gasteiger partial charge in [-0.2, -0.15) is 0 Å². The maximum Gasteiger partial charge on any atom is 0.303 e. The minimum absolute atomic E-state index is 0.0680. The number of rotatable bonds is 7. The van der Waals surface area contributed by atoms with Gasteiger partial charge < -0.3 is 9.84 Å². The maximum atomic E-state index is 11.1. The molecule has 0 unspecified atom stereocenters. The monoisotopic (exact) mass is 353 g/mol. The summed E-state index contributed by atoms with van der Waals surface area (Å²) in [6.07, 6.45) is 2.49. The molecule has 1 N–H and O–H groups in total. The van der Waals surface area contributed by atoms with Crippen molar-refractivity contribution < 1.29 is 14.6 Å². The van der Waals surface area contributed by atoms with Gasteiger partial charge in [-0.05, 0) is 43.2 Å². The Morgan fingerprint density at radius 1 is 1.16 bits per heavy atom. The highest BCUT2D eigenvalue weighted by Crippen LogP contribution is 2.32. The molecule has 0 saturated carbocycles. The van der Waals surface area contributed by atoms with E-state index >= 15 is 0 Å². The van der Waals surface area contributed by atoms with Crippen LogP contribution >= 0.6 is 11.3 Å². The summed E-state index contributed by atoms with van der Waals surface area (Å²) >= 11 is 1.58. The largest absolute Gasteiger partial charge is 0.493 e. The van der Waals surface area contributed by atoms with E-state index in [9.17, 15) is 4.79 Å². The molecule has 0 radical (unpaired) electrons. The second-order valence-electron chi connectivity index (χ2n) is 5.52. The van der Waals surface area contributed by atoms with Gasteiger partial charge in [0, 0.05) is 12.0 Å². The fourth-order valence-corrected chi connectivity index (χ4v) is 3.58. The molecule has 1 aromatic heterocycles. The molecule has 5 heteroatoms.